The molecule has 6 heteroatoms. The summed E-state index contributed by atoms with van der Waals surface area (Å²) in [5, 5.41) is 3.41. The Morgan fingerprint density at radius 3 is 2.76 bits per heavy atom. The summed E-state index contributed by atoms with van der Waals surface area (Å²) in [6.07, 6.45) is 6.08. The van der Waals surface area contributed by atoms with Crippen LogP contribution in [-0.2, 0) is 9.84 Å². The van der Waals surface area contributed by atoms with Crippen LogP contribution < -0.4 is 5.32 Å². The van der Waals surface area contributed by atoms with Crippen molar-refractivity contribution in [3.05, 3.63) is 21.3 Å². The van der Waals surface area contributed by atoms with Crippen molar-refractivity contribution >= 4 is 32.8 Å². The molecule has 1 N–H and O–H groups in total. The van der Waals surface area contributed by atoms with E-state index in [2.05, 4.69) is 18.3 Å². The lowest BCUT2D eigenvalue weighted by Gasteiger charge is -2.34. The Morgan fingerprint density at radius 2 is 2.19 bits per heavy atom. The molecule has 0 aliphatic heterocycles. The van der Waals surface area contributed by atoms with Crippen molar-refractivity contribution in [1.29, 1.82) is 0 Å². The van der Waals surface area contributed by atoms with E-state index < -0.39 is 9.84 Å². The predicted octanol–water partition coefficient (Wildman–Crippen LogP) is 4.05. The lowest BCUT2D eigenvalue weighted by molar-refractivity contribution is 0.276. The summed E-state index contributed by atoms with van der Waals surface area (Å²) in [7, 11) is -2.94. The zero-order valence-corrected chi connectivity index (χ0v) is 15.0. The van der Waals surface area contributed by atoms with Crippen LogP contribution in [0.25, 0.3) is 0 Å². The first-order valence-corrected chi connectivity index (χ1v) is 10.7. The van der Waals surface area contributed by atoms with Gasteiger partial charge in [0.2, 0.25) is 0 Å². The fraction of sp³-hybridized carbons (Fsp3) is 0.733. The van der Waals surface area contributed by atoms with Crippen molar-refractivity contribution in [3.63, 3.8) is 0 Å². The molecule has 0 amide bonds. The molecule has 1 fully saturated rings. The molecule has 0 radical (unpaired) electrons. The molecule has 3 atom stereocenters. The molecule has 1 aliphatic carbocycles. The van der Waals surface area contributed by atoms with E-state index >= 15 is 0 Å². The van der Waals surface area contributed by atoms with Gasteiger partial charge in [-0.15, -0.1) is 11.3 Å². The van der Waals surface area contributed by atoms with Gasteiger partial charge in [0.05, 0.1) is 9.59 Å². The molecule has 3 unspecified atom stereocenters. The highest BCUT2D eigenvalue weighted by molar-refractivity contribution is 7.91. The van der Waals surface area contributed by atoms with Crippen LogP contribution in [0.2, 0.25) is 4.34 Å². The molecule has 0 saturated heterocycles. The van der Waals surface area contributed by atoms with Crippen molar-refractivity contribution in [3.8, 4) is 0 Å². The Labute approximate surface area is 137 Å². The summed E-state index contributed by atoms with van der Waals surface area (Å²) in [6.45, 7) is 3.09. The molecule has 1 saturated carbocycles. The van der Waals surface area contributed by atoms with E-state index in [0.29, 0.717) is 5.92 Å². The molecule has 0 aromatic carbocycles. The normalized spacial score (nSPS) is 24.9. The Kier molecular flexibility index (Phi) is 6.12. The van der Waals surface area contributed by atoms with Crippen LogP contribution in [0.5, 0.6) is 0 Å². The summed E-state index contributed by atoms with van der Waals surface area (Å²) >= 11 is 7.68. The Morgan fingerprint density at radius 1 is 1.43 bits per heavy atom. The van der Waals surface area contributed by atoms with Gasteiger partial charge in [0.15, 0.2) is 0 Å². The third-order valence-electron chi connectivity index (χ3n) is 4.26. The first kappa shape index (κ1) is 17.3. The number of hydrogen-bond acceptors (Lipinski definition) is 4. The lowest BCUT2D eigenvalue weighted by Crippen LogP contribution is -2.35. The molecule has 0 bridgehead atoms. The molecule has 120 valence electrons. The smallest absolute Gasteiger partial charge is 0.150 e. The van der Waals surface area contributed by atoms with Crippen LogP contribution in [-0.4, -0.2) is 26.5 Å². The quantitative estimate of drug-likeness (QED) is 0.842. The minimum atomic E-state index is -2.94. The van der Waals surface area contributed by atoms with Crippen LogP contribution in [0.3, 0.4) is 0 Å². The zero-order chi connectivity index (χ0) is 15.5. The molecule has 1 aromatic rings. The van der Waals surface area contributed by atoms with Gasteiger partial charge in [-0.25, -0.2) is 8.42 Å². The highest BCUT2D eigenvalue weighted by Crippen LogP contribution is 2.39. The van der Waals surface area contributed by atoms with E-state index in [9.17, 15) is 8.42 Å². The highest BCUT2D eigenvalue weighted by atomic mass is 35.5. The summed E-state index contributed by atoms with van der Waals surface area (Å²) in [4.78, 5) is 1.23. The van der Waals surface area contributed by atoms with Crippen LogP contribution >= 0.6 is 22.9 Å². The predicted molar refractivity (Wildman–Crippen MR) is 91.0 cm³/mol. The van der Waals surface area contributed by atoms with Gasteiger partial charge < -0.3 is 5.32 Å². The van der Waals surface area contributed by atoms with Gasteiger partial charge in [-0.05, 0) is 50.3 Å². The Balaban J connectivity index is 2.16. The fourth-order valence-corrected chi connectivity index (χ4v) is 5.59. The maximum absolute atomic E-state index is 11.9. The third kappa shape index (κ3) is 4.68. The average molecular weight is 350 g/mol. The van der Waals surface area contributed by atoms with E-state index in [-0.39, 0.29) is 11.3 Å². The summed E-state index contributed by atoms with van der Waals surface area (Å²) < 4.78 is 24.5. The molecule has 3 nitrogen and oxygen atoms in total. The van der Waals surface area contributed by atoms with Crippen LogP contribution in [0.15, 0.2) is 12.1 Å². The topological polar surface area (TPSA) is 46.2 Å². The number of halogens is 1. The first-order chi connectivity index (χ1) is 9.91. The summed E-state index contributed by atoms with van der Waals surface area (Å²) in [5.74, 6) is 0.375. The van der Waals surface area contributed by atoms with Crippen molar-refractivity contribution in [2.24, 2.45) is 5.92 Å². The van der Waals surface area contributed by atoms with Gasteiger partial charge in [-0.3, -0.25) is 0 Å². The zero-order valence-electron chi connectivity index (χ0n) is 12.6. The van der Waals surface area contributed by atoms with E-state index in [0.717, 1.165) is 43.0 Å². The number of nitrogens with one attached hydrogen (secondary N) is 1. The molecule has 0 spiro atoms. The monoisotopic (exact) mass is 349 g/mol. The van der Waals surface area contributed by atoms with E-state index in [1.54, 1.807) is 11.3 Å². The average Bonchev–Trinajstić information content (AvgIpc) is 2.85. The van der Waals surface area contributed by atoms with Crippen molar-refractivity contribution < 1.29 is 8.42 Å². The minimum Gasteiger partial charge on any atom is -0.309 e. The fourth-order valence-electron chi connectivity index (χ4n) is 3.17. The van der Waals surface area contributed by atoms with Gasteiger partial charge in [-0.2, -0.15) is 0 Å². The molecule has 1 aliphatic rings. The van der Waals surface area contributed by atoms with E-state index in [1.165, 1.54) is 11.1 Å². The van der Waals surface area contributed by atoms with Crippen molar-refractivity contribution in [2.75, 3.05) is 12.8 Å². The van der Waals surface area contributed by atoms with E-state index in [4.69, 9.17) is 11.6 Å². The van der Waals surface area contributed by atoms with Crippen LogP contribution in [0.4, 0.5) is 0 Å². The summed E-state index contributed by atoms with van der Waals surface area (Å²) in [5.41, 5.74) is 0. The second kappa shape index (κ2) is 7.44. The highest BCUT2D eigenvalue weighted by Gasteiger charge is 2.34. The molecule has 21 heavy (non-hydrogen) atoms. The molecule has 1 aromatic heterocycles. The van der Waals surface area contributed by atoms with E-state index in [1.807, 2.05) is 6.07 Å². The van der Waals surface area contributed by atoms with Gasteiger partial charge >= 0.3 is 0 Å². The lowest BCUT2D eigenvalue weighted by atomic mass is 9.83. The number of rotatable bonds is 6. The molecule has 1 heterocycles. The first-order valence-electron chi connectivity index (χ1n) is 7.59. The third-order valence-corrected chi connectivity index (χ3v) is 7.21. The molecular formula is C15H24ClNO2S2. The minimum absolute atomic E-state index is 0.183. The van der Waals surface area contributed by atoms with Gasteiger partial charge in [0.1, 0.15) is 9.84 Å². The second-order valence-electron chi connectivity index (χ2n) is 5.95. The van der Waals surface area contributed by atoms with Crippen molar-refractivity contribution in [1.82, 2.24) is 5.32 Å². The van der Waals surface area contributed by atoms with Gasteiger partial charge in [-0.1, -0.05) is 24.9 Å². The Bertz CT molecular complexity index is 556. The second-order valence-corrected chi connectivity index (χ2v) is 10.0. The standard InChI is InChI=1S/C15H24ClNO2S2/c1-3-9-17-15(13-7-8-14(16)20-13)11-5-4-6-12(10-11)21(2,18)19/h7-8,11-12,15,17H,3-6,9-10H2,1-2H3. The number of thiophene rings is 1. The van der Waals surface area contributed by atoms with Gasteiger partial charge in [0, 0.05) is 17.2 Å². The SMILES string of the molecule is CCCNC(c1ccc(Cl)s1)C1CCCC(S(C)(=O)=O)C1. The molecular weight excluding hydrogens is 326 g/mol. The number of sulfone groups is 1. The number of hydrogen-bond donors (Lipinski definition) is 1. The maximum atomic E-state index is 11.9. The molecule has 2 rings (SSSR count). The Hall–Kier alpha value is -0.100. The summed E-state index contributed by atoms with van der Waals surface area (Å²) in [6, 6.07) is 4.23. The maximum Gasteiger partial charge on any atom is 0.150 e. The van der Waals surface area contributed by atoms with Crippen molar-refractivity contribution in [2.45, 2.75) is 50.3 Å². The van der Waals surface area contributed by atoms with Crippen LogP contribution in [0, 0.1) is 5.92 Å². The van der Waals surface area contributed by atoms with Crippen LogP contribution in [0.1, 0.15) is 49.9 Å². The largest absolute Gasteiger partial charge is 0.309 e. The van der Waals surface area contributed by atoms with Gasteiger partial charge in [0.25, 0.3) is 0 Å².